The van der Waals surface area contributed by atoms with Crippen LogP contribution in [-0.4, -0.2) is 14.2 Å². The number of rotatable bonds is 4. The zero-order valence-corrected chi connectivity index (χ0v) is 16.2. The second-order valence-electron chi connectivity index (χ2n) is 6.15. The third-order valence-electron chi connectivity index (χ3n) is 4.41. The highest BCUT2D eigenvalue weighted by Gasteiger charge is 2.07. The van der Waals surface area contributed by atoms with Crippen LogP contribution >= 0.6 is 11.6 Å². The maximum Gasteiger partial charge on any atom is 0.137 e. The number of fused-ring (bicyclic) bond motifs is 1. The van der Waals surface area contributed by atoms with Crippen LogP contribution in [0.1, 0.15) is 0 Å². The lowest BCUT2D eigenvalue weighted by molar-refractivity contribution is 0.415. The molecule has 140 valence electrons. The van der Waals surface area contributed by atoms with E-state index in [4.69, 9.17) is 30.5 Å². The minimum absolute atomic E-state index is 0.518. The zero-order valence-electron chi connectivity index (χ0n) is 15.5. The van der Waals surface area contributed by atoms with Crippen LogP contribution in [0.2, 0.25) is 5.02 Å². The van der Waals surface area contributed by atoms with Crippen LogP contribution in [0.4, 0.5) is 5.69 Å². The Labute approximate surface area is 167 Å². The van der Waals surface area contributed by atoms with Gasteiger partial charge in [0.15, 0.2) is 0 Å². The highest BCUT2D eigenvalue weighted by atomic mass is 35.5. The van der Waals surface area contributed by atoms with Gasteiger partial charge >= 0.3 is 0 Å². The van der Waals surface area contributed by atoms with Gasteiger partial charge in [0.25, 0.3) is 0 Å². The van der Waals surface area contributed by atoms with E-state index in [9.17, 15) is 0 Å². The Kier molecular flexibility index (Phi) is 5.04. The van der Waals surface area contributed by atoms with Crippen molar-refractivity contribution in [2.45, 2.75) is 0 Å². The second kappa shape index (κ2) is 7.79. The summed E-state index contributed by atoms with van der Waals surface area (Å²) in [4.78, 5) is 4.80. The molecule has 0 atom stereocenters. The average Bonchev–Trinajstić information content (AvgIpc) is 2.74. The summed E-state index contributed by atoms with van der Waals surface area (Å²) in [6.07, 6.45) is 0. The summed E-state index contributed by atoms with van der Waals surface area (Å²) in [7, 11) is 3.23. The van der Waals surface area contributed by atoms with Gasteiger partial charge in [0.05, 0.1) is 30.3 Å². The molecule has 0 saturated heterocycles. The van der Waals surface area contributed by atoms with Crippen LogP contribution < -0.4 is 14.8 Å². The number of nitrogens with zero attached hydrogens (tertiary/aromatic N) is 1. The van der Waals surface area contributed by atoms with Crippen molar-refractivity contribution in [3.63, 3.8) is 0 Å². The SMILES string of the molecule is COc1ccc(-c2cc(=Nc3ccc(OC)c(Cl)c3)c3ccccc3o2)cc1. The van der Waals surface area contributed by atoms with Gasteiger partial charge in [0.1, 0.15) is 22.8 Å². The number of para-hydroxylation sites is 1. The molecule has 4 rings (SSSR count). The molecule has 5 heteroatoms. The third-order valence-corrected chi connectivity index (χ3v) is 4.71. The molecule has 4 nitrogen and oxygen atoms in total. The Bertz CT molecular complexity index is 1200. The molecule has 4 aromatic rings. The molecule has 0 radical (unpaired) electrons. The zero-order chi connectivity index (χ0) is 19.5. The Hall–Kier alpha value is -3.24. The fourth-order valence-electron chi connectivity index (χ4n) is 2.97. The lowest BCUT2D eigenvalue weighted by atomic mass is 10.1. The normalized spacial score (nSPS) is 11.6. The predicted molar refractivity (Wildman–Crippen MR) is 111 cm³/mol. The second-order valence-corrected chi connectivity index (χ2v) is 6.56. The van der Waals surface area contributed by atoms with Gasteiger partial charge in [-0.2, -0.15) is 0 Å². The smallest absolute Gasteiger partial charge is 0.137 e. The molecule has 0 bridgehead atoms. The topological polar surface area (TPSA) is 44.0 Å². The monoisotopic (exact) mass is 391 g/mol. The van der Waals surface area contributed by atoms with Crippen LogP contribution in [0.15, 0.2) is 82.2 Å². The number of halogens is 1. The summed E-state index contributed by atoms with van der Waals surface area (Å²) in [6, 6.07) is 22.9. The Morgan fingerprint density at radius 3 is 2.36 bits per heavy atom. The molecule has 0 spiro atoms. The summed E-state index contributed by atoms with van der Waals surface area (Å²) in [5.41, 5.74) is 2.44. The quantitative estimate of drug-likeness (QED) is 0.428. The molecule has 1 aromatic heterocycles. The Morgan fingerprint density at radius 2 is 1.64 bits per heavy atom. The summed E-state index contributed by atoms with van der Waals surface area (Å²) in [5.74, 6) is 2.13. The van der Waals surface area contributed by atoms with Crippen LogP contribution in [0.3, 0.4) is 0 Å². The predicted octanol–water partition coefficient (Wildman–Crippen LogP) is 6.00. The summed E-state index contributed by atoms with van der Waals surface area (Å²) >= 11 is 6.25. The van der Waals surface area contributed by atoms with Crippen molar-refractivity contribution in [2.24, 2.45) is 4.99 Å². The van der Waals surface area contributed by atoms with E-state index in [1.54, 1.807) is 26.4 Å². The van der Waals surface area contributed by atoms with Crippen LogP contribution in [0, 0.1) is 0 Å². The molecule has 0 aliphatic carbocycles. The molecular formula is C23H18ClNO3. The van der Waals surface area contributed by atoms with E-state index in [-0.39, 0.29) is 0 Å². The lowest BCUT2D eigenvalue weighted by Crippen LogP contribution is -2.03. The molecule has 0 fully saturated rings. The Morgan fingerprint density at radius 1 is 0.857 bits per heavy atom. The first-order valence-corrected chi connectivity index (χ1v) is 9.11. The standard InChI is InChI=1S/C23H18ClNO3/c1-26-17-10-7-15(8-11-17)23-14-20(18-5-3-4-6-21(18)28-23)25-16-9-12-22(27-2)19(24)13-16/h3-14H,1-2H3. The van der Waals surface area contributed by atoms with Crippen molar-refractivity contribution in [2.75, 3.05) is 14.2 Å². The molecule has 0 aliphatic heterocycles. The van der Waals surface area contributed by atoms with Gasteiger partial charge in [0, 0.05) is 17.0 Å². The summed E-state index contributed by atoms with van der Waals surface area (Å²) in [5, 5.41) is 2.24. The third kappa shape index (κ3) is 3.59. The minimum atomic E-state index is 0.518. The van der Waals surface area contributed by atoms with Crippen molar-refractivity contribution >= 4 is 28.3 Å². The summed E-state index contributed by atoms with van der Waals surface area (Å²) in [6.45, 7) is 0. The van der Waals surface area contributed by atoms with Crippen molar-refractivity contribution in [1.29, 1.82) is 0 Å². The lowest BCUT2D eigenvalue weighted by Gasteiger charge is -2.07. The van der Waals surface area contributed by atoms with E-state index in [1.807, 2.05) is 60.7 Å². The van der Waals surface area contributed by atoms with Gasteiger partial charge in [-0.15, -0.1) is 0 Å². The van der Waals surface area contributed by atoms with Gasteiger partial charge < -0.3 is 13.9 Å². The van der Waals surface area contributed by atoms with E-state index in [0.717, 1.165) is 39.1 Å². The molecule has 1 heterocycles. The molecule has 0 N–H and O–H groups in total. The first-order chi connectivity index (χ1) is 13.7. The molecule has 0 unspecified atom stereocenters. The largest absolute Gasteiger partial charge is 0.497 e. The minimum Gasteiger partial charge on any atom is -0.497 e. The van der Waals surface area contributed by atoms with E-state index < -0.39 is 0 Å². The number of hydrogen-bond donors (Lipinski definition) is 0. The summed E-state index contributed by atoms with van der Waals surface area (Å²) < 4.78 is 16.6. The fraction of sp³-hybridized carbons (Fsp3) is 0.0870. The van der Waals surface area contributed by atoms with E-state index in [0.29, 0.717) is 10.8 Å². The van der Waals surface area contributed by atoms with Crippen LogP contribution in [0.25, 0.3) is 22.3 Å². The van der Waals surface area contributed by atoms with Gasteiger partial charge in [-0.05, 0) is 54.6 Å². The molecule has 0 aliphatic rings. The van der Waals surface area contributed by atoms with Crippen molar-refractivity contribution in [1.82, 2.24) is 0 Å². The van der Waals surface area contributed by atoms with Gasteiger partial charge in [0.2, 0.25) is 0 Å². The van der Waals surface area contributed by atoms with E-state index in [1.165, 1.54) is 0 Å². The molecule has 0 amide bonds. The maximum atomic E-state index is 6.25. The average molecular weight is 392 g/mol. The van der Waals surface area contributed by atoms with Crippen molar-refractivity contribution in [3.8, 4) is 22.8 Å². The number of methoxy groups -OCH3 is 2. The fourth-order valence-corrected chi connectivity index (χ4v) is 3.22. The molecule has 3 aromatic carbocycles. The first kappa shape index (κ1) is 18.1. The number of benzene rings is 3. The maximum absolute atomic E-state index is 6.25. The van der Waals surface area contributed by atoms with Crippen LogP contribution in [0.5, 0.6) is 11.5 Å². The van der Waals surface area contributed by atoms with E-state index >= 15 is 0 Å². The number of ether oxygens (including phenoxy) is 2. The molecular weight excluding hydrogens is 374 g/mol. The van der Waals surface area contributed by atoms with Gasteiger partial charge in [-0.25, -0.2) is 4.99 Å². The van der Waals surface area contributed by atoms with Gasteiger partial charge in [-0.3, -0.25) is 0 Å². The highest BCUT2D eigenvalue weighted by Crippen LogP contribution is 2.29. The number of hydrogen-bond acceptors (Lipinski definition) is 4. The van der Waals surface area contributed by atoms with E-state index in [2.05, 4.69) is 0 Å². The van der Waals surface area contributed by atoms with Gasteiger partial charge in [-0.1, -0.05) is 23.7 Å². The molecule has 0 saturated carbocycles. The van der Waals surface area contributed by atoms with Crippen molar-refractivity contribution in [3.05, 3.63) is 83.2 Å². The Balaban J connectivity index is 1.90. The van der Waals surface area contributed by atoms with Crippen molar-refractivity contribution < 1.29 is 13.9 Å². The molecule has 28 heavy (non-hydrogen) atoms. The first-order valence-electron chi connectivity index (χ1n) is 8.73. The highest BCUT2D eigenvalue weighted by molar-refractivity contribution is 6.32. The van der Waals surface area contributed by atoms with Crippen LogP contribution in [-0.2, 0) is 0 Å².